The molecular formula is C21H27FN4O2. The Bertz CT molecular complexity index is 833. The lowest BCUT2D eigenvalue weighted by Crippen LogP contribution is -2.55. The molecule has 0 bridgehead atoms. The highest BCUT2D eigenvalue weighted by molar-refractivity contribution is 5.80. The molecule has 0 spiro atoms. The fourth-order valence-corrected chi connectivity index (χ4v) is 4.48. The Hall–Kier alpha value is -2.28. The number of nitrogens with zero attached hydrogens (tertiary/aromatic N) is 3. The predicted octanol–water partition coefficient (Wildman–Crippen LogP) is 3.49. The van der Waals surface area contributed by atoms with Crippen LogP contribution in [-0.4, -0.2) is 39.6 Å². The van der Waals surface area contributed by atoms with Crippen molar-refractivity contribution in [2.24, 2.45) is 11.7 Å². The summed E-state index contributed by atoms with van der Waals surface area (Å²) in [5, 5.41) is 4.04. The summed E-state index contributed by atoms with van der Waals surface area (Å²) in [7, 11) is 0. The van der Waals surface area contributed by atoms with Crippen LogP contribution in [0.1, 0.15) is 57.3 Å². The van der Waals surface area contributed by atoms with Crippen molar-refractivity contribution in [1.29, 1.82) is 0 Å². The van der Waals surface area contributed by atoms with Gasteiger partial charge in [-0.2, -0.15) is 4.98 Å². The highest BCUT2D eigenvalue weighted by Crippen LogP contribution is 2.35. The monoisotopic (exact) mass is 386 g/mol. The first kappa shape index (κ1) is 19.1. The summed E-state index contributed by atoms with van der Waals surface area (Å²) in [5.74, 6) is 0.747. The van der Waals surface area contributed by atoms with Gasteiger partial charge in [0.1, 0.15) is 5.82 Å². The van der Waals surface area contributed by atoms with Crippen molar-refractivity contribution >= 4 is 5.91 Å². The molecule has 2 aliphatic rings. The molecule has 1 aromatic carbocycles. The zero-order valence-electron chi connectivity index (χ0n) is 16.2. The summed E-state index contributed by atoms with van der Waals surface area (Å²) in [6.45, 7) is 3.33. The number of halogens is 1. The Balaban J connectivity index is 1.47. The number of carbonyl (C=O) groups is 1. The molecule has 1 amide bonds. The van der Waals surface area contributed by atoms with Gasteiger partial charge in [-0.3, -0.25) is 4.79 Å². The van der Waals surface area contributed by atoms with E-state index in [4.69, 9.17) is 10.3 Å². The zero-order valence-corrected chi connectivity index (χ0v) is 16.2. The fourth-order valence-electron chi connectivity index (χ4n) is 4.48. The van der Waals surface area contributed by atoms with Crippen molar-refractivity contribution in [1.82, 2.24) is 15.0 Å². The van der Waals surface area contributed by atoms with Gasteiger partial charge in [-0.1, -0.05) is 18.0 Å². The van der Waals surface area contributed by atoms with Gasteiger partial charge >= 0.3 is 0 Å². The van der Waals surface area contributed by atoms with Gasteiger partial charge in [-0.25, -0.2) is 4.39 Å². The van der Waals surface area contributed by atoms with Crippen molar-refractivity contribution in [2.45, 2.75) is 56.9 Å². The summed E-state index contributed by atoms with van der Waals surface area (Å²) in [5.41, 5.74) is 6.72. The average molecular weight is 386 g/mol. The van der Waals surface area contributed by atoms with Crippen LogP contribution in [0.5, 0.6) is 0 Å². The molecule has 7 heteroatoms. The number of rotatable bonds is 3. The van der Waals surface area contributed by atoms with E-state index in [0.717, 1.165) is 45.1 Å². The molecule has 1 aliphatic heterocycles. The molecule has 28 heavy (non-hydrogen) atoms. The van der Waals surface area contributed by atoms with E-state index in [1.807, 2.05) is 11.8 Å². The zero-order chi connectivity index (χ0) is 19.7. The molecule has 2 heterocycles. The molecule has 150 valence electrons. The molecule has 4 rings (SSSR count). The van der Waals surface area contributed by atoms with Crippen molar-refractivity contribution in [3.05, 3.63) is 36.0 Å². The van der Waals surface area contributed by atoms with Gasteiger partial charge in [0.15, 0.2) is 0 Å². The number of likely N-dealkylation sites (tertiary alicyclic amines) is 1. The van der Waals surface area contributed by atoms with Crippen molar-refractivity contribution in [2.75, 3.05) is 13.1 Å². The van der Waals surface area contributed by atoms with Crippen molar-refractivity contribution in [3.8, 4) is 11.4 Å². The van der Waals surface area contributed by atoms with Crippen LogP contribution in [0.2, 0.25) is 0 Å². The van der Waals surface area contributed by atoms with Crippen LogP contribution in [0.25, 0.3) is 11.4 Å². The minimum absolute atomic E-state index is 0.0204. The summed E-state index contributed by atoms with van der Waals surface area (Å²) in [6, 6.07) is 6.01. The van der Waals surface area contributed by atoms with E-state index >= 15 is 0 Å². The number of benzene rings is 1. The molecule has 1 aliphatic carbocycles. The number of aromatic nitrogens is 2. The molecule has 2 fully saturated rings. The van der Waals surface area contributed by atoms with Crippen LogP contribution in [-0.2, 0) is 4.79 Å². The molecule has 2 aromatic rings. The normalized spacial score (nSPS) is 28.3. The minimum Gasteiger partial charge on any atom is -0.342 e. The average Bonchev–Trinajstić information content (AvgIpc) is 3.18. The van der Waals surface area contributed by atoms with Gasteiger partial charge in [0.25, 0.3) is 0 Å². The van der Waals surface area contributed by atoms with Crippen LogP contribution in [0.15, 0.2) is 28.8 Å². The van der Waals surface area contributed by atoms with Crippen molar-refractivity contribution < 1.29 is 13.7 Å². The third kappa shape index (κ3) is 3.81. The van der Waals surface area contributed by atoms with Gasteiger partial charge in [0.2, 0.25) is 17.6 Å². The van der Waals surface area contributed by atoms with Crippen LogP contribution >= 0.6 is 0 Å². The van der Waals surface area contributed by atoms with E-state index in [0.29, 0.717) is 23.8 Å². The first-order valence-electron chi connectivity index (χ1n) is 10.1. The van der Waals surface area contributed by atoms with E-state index < -0.39 is 5.54 Å². The smallest absolute Gasteiger partial charge is 0.231 e. The minimum atomic E-state index is -0.428. The highest BCUT2D eigenvalue weighted by atomic mass is 19.1. The van der Waals surface area contributed by atoms with E-state index in [1.54, 1.807) is 12.1 Å². The first-order valence-corrected chi connectivity index (χ1v) is 10.1. The third-order valence-electron chi connectivity index (χ3n) is 6.18. The Morgan fingerprint density at radius 2 is 2.04 bits per heavy atom. The molecule has 0 radical (unpaired) electrons. The van der Waals surface area contributed by atoms with E-state index in [2.05, 4.69) is 10.1 Å². The lowest BCUT2D eigenvalue weighted by Gasteiger charge is -2.41. The van der Waals surface area contributed by atoms with Gasteiger partial charge in [-0.15, -0.1) is 0 Å². The van der Waals surface area contributed by atoms with E-state index in [-0.39, 0.29) is 23.6 Å². The highest BCUT2D eigenvalue weighted by Gasteiger charge is 2.41. The molecule has 3 atom stereocenters. The van der Waals surface area contributed by atoms with Gasteiger partial charge < -0.3 is 15.2 Å². The second kappa shape index (κ2) is 7.62. The largest absolute Gasteiger partial charge is 0.342 e. The maximum absolute atomic E-state index is 13.1. The fraction of sp³-hybridized carbons (Fsp3) is 0.571. The Morgan fingerprint density at radius 1 is 1.25 bits per heavy atom. The van der Waals surface area contributed by atoms with Gasteiger partial charge in [0, 0.05) is 24.2 Å². The maximum atomic E-state index is 13.1. The van der Waals surface area contributed by atoms with Gasteiger partial charge in [0.05, 0.1) is 11.8 Å². The summed E-state index contributed by atoms with van der Waals surface area (Å²) >= 11 is 0. The van der Waals surface area contributed by atoms with Crippen LogP contribution in [0, 0.1) is 11.7 Å². The summed E-state index contributed by atoms with van der Waals surface area (Å²) < 4.78 is 18.6. The molecule has 1 aromatic heterocycles. The lowest BCUT2D eigenvalue weighted by molar-refractivity contribution is -0.140. The number of piperidine rings is 1. The Morgan fingerprint density at radius 3 is 2.79 bits per heavy atom. The molecule has 3 unspecified atom stereocenters. The third-order valence-corrected chi connectivity index (χ3v) is 6.18. The van der Waals surface area contributed by atoms with E-state index in [1.165, 1.54) is 12.1 Å². The summed E-state index contributed by atoms with van der Waals surface area (Å²) in [6.07, 6.45) is 5.71. The van der Waals surface area contributed by atoms with E-state index in [9.17, 15) is 9.18 Å². The number of hydrogen-bond acceptors (Lipinski definition) is 5. The topological polar surface area (TPSA) is 85.3 Å². The van der Waals surface area contributed by atoms with Crippen LogP contribution < -0.4 is 5.73 Å². The van der Waals surface area contributed by atoms with Gasteiger partial charge in [-0.05, 0) is 56.9 Å². The lowest BCUT2D eigenvalue weighted by atomic mass is 9.73. The maximum Gasteiger partial charge on any atom is 0.231 e. The number of hydrogen-bond donors (Lipinski definition) is 1. The number of nitrogens with two attached hydrogens (primary N) is 1. The SMILES string of the molecule is CC1(N)CCCCC1C(=O)N1CCCC(c2nc(-c3ccc(F)cc3)no2)C1. The van der Waals surface area contributed by atoms with Crippen LogP contribution in [0.4, 0.5) is 4.39 Å². The second-order valence-corrected chi connectivity index (χ2v) is 8.39. The molecule has 6 nitrogen and oxygen atoms in total. The quantitative estimate of drug-likeness (QED) is 0.873. The molecular weight excluding hydrogens is 359 g/mol. The molecule has 1 saturated heterocycles. The van der Waals surface area contributed by atoms with Crippen LogP contribution in [0.3, 0.4) is 0 Å². The summed E-state index contributed by atoms with van der Waals surface area (Å²) in [4.78, 5) is 19.6. The standard InChI is InChI=1S/C21H27FN4O2/c1-21(23)11-3-2-6-17(21)20(27)26-12-4-5-15(13-26)19-24-18(25-28-19)14-7-9-16(22)10-8-14/h7-10,15,17H,2-6,11-13,23H2,1H3. The second-order valence-electron chi connectivity index (χ2n) is 8.39. The number of amides is 1. The Labute approximate surface area is 164 Å². The predicted molar refractivity (Wildman–Crippen MR) is 103 cm³/mol. The Kier molecular flexibility index (Phi) is 5.19. The first-order chi connectivity index (χ1) is 13.4. The molecule has 1 saturated carbocycles. The van der Waals surface area contributed by atoms with Crippen molar-refractivity contribution in [3.63, 3.8) is 0 Å². The molecule has 2 N–H and O–H groups in total. The number of carbonyl (C=O) groups excluding carboxylic acids is 1.